The van der Waals surface area contributed by atoms with Gasteiger partial charge in [0.1, 0.15) is 12.4 Å². The van der Waals surface area contributed by atoms with E-state index in [9.17, 15) is 4.79 Å². The van der Waals surface area contributed by atoms with Gasteiger partial charge in [-0.15, -0.1) is 0 Å². The van der Waals surface area contributed by atoms with Gasteiger partial charge < -0.3 is 9.47 Å². The number of carbonyl (C=O) groups is 1. The minimum Gasteiger partial charge on any atom is -0.497 e. The predicted octanol–water partition coefficient (Wildman–Crippen LogP) is 4.96. The molecule has 140 valence electrons. The first-order valence-electron chi connectivity index (χ1n) is 9.50. The molecule has 4 heteroatoms. The Morgan fingerprint density at radius 1 is 1.15 bits per heavy atom. The van der Waals surface area contributed by atoms with Crippen molar-refractivity contribution < 1.29 is 14.3 Å². The summed E-state index contributed by atoms with van der Waals surface area (Å²) in [6, 6.07) is 16.3. The number of carbonyl (C=O) groups excluding carboxylic acids is 1. The molecule has 1 saturated heterocycles. The van der Waals surface area contributed by atoms with Crippen LogP contribution in [0, 0.1) is 6.92 Å². The van der Waals surface area contributed by atoms with Crippen molar-refractivity contribution in [1.82, 2.24) is 4.90 Å². The van der Waals surface area contributed by atoms with Gasteiger partial charge in [-0.05, 0) is 60.6 Å². The van der Waals surface area contributed by atoms with Gasteiger partial charge in [-0.2, -0.15) is 0 Å². The van der Waals surface area contributed by atoms with Crippen LogP contribution in [0.5, 0.6) is 5.75 Å². The van der Waals surface area contributed by atoms with Crippen molar-refractivity contribution in [3.8, 4) is 5.75 Å². The van der Waals surface area contributed by atoms with Gasteiger partial charge in [-0.1, -0.05) is 42.5 Å². The Morgan fingerprint density at radius 3 is 2.70 bits per heavy atom. The zero-order valence-corrected chi connectivity index (χ0v) is 15.9. The number of aryl methyl sites for hydroxylation is 1. The second-order valence-electron chi connectivity index (χ2n) is 7.32. The highest BCUT2D eigenvalue weighted by molar-refractivity contribution is 5.76. The number of nitrogens with zero attached hydrogens (tertiary/aromatic N) is 1. The fraction of sp³-hybridized carbons (Fsp3) is 0.348. The maximum atomic E-state index is 12.7. The molecule has 2 bridgehead atoms. The van der Waals surface area contributed by atoms with Crippen LogP contribution in [-0.4, -0.2) is 30.2 Å². The normalized spacial score (nSPS) is 21.0. The highest BCUT2D eigenvalue weighted by Gasteiger charge is 2.40. The first-order valence-corrected chi connectivity index (χ1v) is 9.50. The van der Waals surface area contributed by atoms with Crippen LogP contribution >= 0.6 is 0 Å². The third kappa shape index (κ3) is 3.57. The molecule has 27 heavy (non-hydrogen) atoms. The number of amides is 1. The Kier molecular flexibility index (Phi) is 4.88. The van der Waals surface area contributed by atoms with Crippen molar-refractivity contribution in [3.63, 3.8) is 0 Å². The topological polar surface area (TPSA) is 38.8 Å². The van der Waals surface area contributed by atoms with Crippen LogP contribution in [0.25, 0.3) is 5.57 Å². The van der Waals surface area contributed by atoms with Crippen LogP contribution in [0.4, 0.5) is 4.79 Å². The van der Waals surface area contributed by atoms with Gasteiger partial charge in [0.2, 0.25) is 0 Å². The molecule has 4 rings (SSSR count). The van der Waals surface area contributed by atoms with Gasteiger partial charge in [0.05, 0.1) is 13.2 Å². The van der Waals surface area contributed by atoms with Crippen LogP contribution in [0.2, 0.25) is 0 Å². The lowest BCUT2D eigenvalue weighted by molar-refractivity contribution is 0.0832. The SMILES string of the molecule is COc1ccc(C)c(C2=CC3CCC(C2)N3C(=O)OCc2ccccc2)c1. The Labute approximate surface area is 160 Å². The quantitative estimate of drug-likeness (QED) is 0.771. The zero-order valence-electron chi connectivity index (χ0n) is 15.9. The molecule has 2 atom stereocenters. The van der Waals surface area contributed by atoms with E-state index >= 15 is 0 Å². The summed E-state index contributed by atoms with van der Waals surface area (Å²) in [4.78, 5) is 14.6. The summed E-state index contributed by atoms with van der Waals surface area (Å²) in [5.41, 5.74) is 4.79. The van der Waals surface area contributed by atoms with E-state index in [1.54, 1.807) is 7.11 Å². The van der Waals surface area contributed by atoms with E-state index in [4.69, 9.17) is 9.47 Å². The van der Waals surface area contributed by atoms with E-state index in [-0.39, 0.29) is 18.2 Å². The maximum absolute atomic E-state index is 12.7. The second kappa shape index (κ2) is 7.47. The lowest BCUT2D eigenvalue weighted by Gasteiger charge is -2.33. The molecule has 2 unspecified atom stereocenters. The molecule has 2 heterocycles. The molecule has 2 aliphatic heterocycles. The minimum atomic E-state index is -0.205. The second-order valence-corrected chi connectivity index (χ2v) is 7.32. The average Bonchev–Trinajstić information content (AvgIpc) is 2.97. The number of rotatable bonds is 4. The van der Waals surface area contributed by atoms with Gasteiger partial charge in [0, 0.05) is 6.04 Å². The Bertz CT molecular complexity index is 859. The van der Waals surface area contributed by atoms with E-state index in [0.717, 1.165) is 30.6 Å². The number of methoxy groups -OCH3 is 1. The van der Waals surface area contributed by atoms with Crippen molar-refractivity contribution in [3.05, 3.63) is 71.3 Å². The summed E-state index contributed by atoms with van der Waals surface area (Å²) >= 11 is 0. The molecular weight excluding hydrogens is 338 g/mol. The molecule has 1 amide bonds. The zero-order chi connectivity index (χ0) is 18.8. The fourth-order valence-electron chi connectivity index (χ4n) is 4.18. The lowest BCUT2D eigenvalue weighted by Crippen LogP contribution is -2.43. The smallest absolute Gasteiger partial charge is 0.410 e. The Hall–Kier alpha value is -2.75. The van der Waals surface area contributed by atoms with E-state index in [1.807, 2.05) is 41.3 Å². The van der Waals surface area contributed by atoms with Crippen molar-refractivity contribution in [2.75, 3.05) is 7.11 Å². The average molecular weight is 363 g/mol. The first-order chi connectivity index (χ1) is 13.2. The molecular formula is C23H25NO3. The third-order valence-electron chi connectivity index (χ3n) is 5.60. The van der Waals surface area contributed by atoms with E-state index < -0.39 is 0 Å². The first kappa shape index (κ1) is 17.7. The lowest BCUT2D eigenvalue weighted by atomic mass is 9.92. The van der Waals surface area contributed by atoms with E-state index in [1.165, 1.54) is 16.7 Å². The molecule has 0 spiro atoms. The molecule has 0 saturated carbocycles. The molecule has 0 radical (unpaired) electrons. The van der Waals surface area contributed by atoms with Crippen LogP contribution in [0.3, 0.4) is 0 Å². The third-order valence-corrected chi connectivity index (χ3v) is 5.60. The fourth-order valence-corrected chi connectivity index (χ4v) is 4.18. The number of hydrogen-bond donors (Lipinski definition) is 0. The summed E-state index contributed by atoms with van der Waals surface area (Å²) in [5, 5.41) is 0. The number of benzene rings is 2. The Morgan fingerprint density at radius 2 is 1.96 bits per heavy atom. The summed E-state index contributed by atoms with van der Waals surface area (Å²) < 4.78 is 11.0. The highest BCUT2D eigenvalue weighted by atomic mass is 16.6. The molecule has 4 nitrogen and oxygen atoms in total. The van der Waals surface area contributed by atoms with Crippen molar-refractivity contribution in [1.29, 1.82) is 0 Å². The maximum Gasteiger partial charge on any atom is 0.410 e. The van der Waals surface area contributed by atoms with Gasteiger partial charge in [0.15, 0.2) is 0 Å². The summed E-state index contributed by atoms with van der Waals surface area (Å²) in [6.07, 6.45) is 4.93. The highest BCUT2D eigenvalue weighted by Crippen LogP contribution is 2.40. The number of hydrogen-bond acceptors (Lipinski definition) is 3. The standard InChI is InChI=1S/C23H25NO3/c1-16-8-11-21(26-2)14-22(16)18-12-19-9-10-20(13-18)24(19)23(25)27-15-17-6-4-3-5-7-17/h3-8,11-12,14,19-20H,9-10,13,15H2,1-2H3. The molecule has 2 aromatic carbocycles. The summed E-state index contributed by atoms with van der Waals surface area (Å²) in [7, 11) is 1.69. The van der Waals surface area contributed by atoms with Crippen LogP contribution in [0.1, 0.15) is 36.0 Å². The predicted molar refractivity (Wildman–Crippen MR) is 106 cm³/mol. The van der Waals surface area contributed by atoms with E-state index in [0.29, 0.717) is 6.61 Å². The summed E-state index contributed by atoms with van der Waals surface area (Å²) in [6.45, 7) is 2.44. The Balaban J connectivity index is 1.50. The van der Waals surface area contributed by atoms with Gasteiger partial charge in [0.25, 0.3) is 0 Å². The van der Waals surface area contributed by atoms with Gasteiger partial charge in [-0.3, -0.25) is 4.90 Å². The van der Waals surface area contributed by atoms with Crippen molar-refractivity contribution >= 4 is 11.7 Å². The monoisotopic (exact) mass is 363 g/mol. The van der Waals surface area contributed by atoms with Crippen LogP contribution in [0.15, 0.2) is 54.6 Å². The van der Waals surface area contributed by atoms with E-state index in [2.05, 4.69) is 25.1 Å². The van der Waals surface area contributed by atoms with Crippen LogP contribution < -0.4 is 4.74 Å². The number of ether oxygens (including phenoxy) is 2. The van der Waals surface area contributed by atoms with Gasteiger partial charge in [-0.25, -0.2) is 4.79 Å². The molecule has 2 aliphatic rings. The van der Waals surface area contributed by atoms with Crippen molar-refractivity contribution in [2.24, 2.45) is 0 Å². The number of fused-ring (bicyclic) bond motifs is 2. The van der Waals surface area contributed by atoms with Gasteiger partial charge >= 0.3 is 6.09 Å². The molecule has 2 aromatic rings. The molecule has 1 fully saturated rings. The van der Waals surface area contributed by atoms with Crippen molar-refractivity contribution in [2.45, 2.75) is 44.9 Å². The van der Waals surface area contributed by atoms with Crippen LogP contribution in [-0.2, 0) is 11.3 Å². The minimum absolute atomic E-state index is 0.118. The largest absolute Gasteiger partial charge is 0.497 e. The molecule has 0 aromatic heterocycles. The molecule has 0 aliphatic carbocycles. The summed E-state index contributed by atoms with van der Waals surface area (Å²) in [5.74, 6) is 0.869. The molecule has 0 N–H and O–H groups in total.